The van der Waals surface area contributed by atoms with E-state index in [-0.39, 0.29) is 5.69 Å². The van der Waals surface area contributed by atoms with Crippen LogP contribution in [0.1, 0.15) is 24.1 Å². The van der Waals surface area contributed by atoms with Crippen LogP contribution in [0, 0.1) is 10.1 Å². The minimum atomic E-state index is -0.425. The van der Waals surface area contributed by atoms with Gasteiger partial charge in [0.05, 0.1) is 10.5 Å². The largest absolute Gasteiger partial charge is 0.280 e. The van der Waals surface area contributed by atoms with Gasteiger partial charge in [-0.2, -0.15) is 0 Å². The molecule has 1 aromatic heterocycles. The summed E-state index contributed by atoms with van der Waals surface area (Å²) < 4.78 is 0. The van der Waals surface area contributed by atoms with Crippen molar-refractivity contribution >= 4 is 17.3 Å². The predicted octanol–water partition coefficient (Wildman–Crippen LogP) is 3.58. The van der Waals surface area contributed by atoms with E-state index in [0.29, 0.717) is 16.5 Å². The Kier molecular flexibility index (Phi) is 3.36. The van der Waals surface area contributed by atoms with Crippen LogP contribution in [0.15, 0.2) is 24.3 Å². The van der Waals surface area contributed by atoms with Gasteiger partial charge in [-0.15, -0.1) is 0 Å². The van der Waals surface area contributed by atoms with Crippen LogP contribution < -0.4 is 0 Å². The zero-order valence-corrected chi connectivity index (χ0v) is 11.4. The molecule has 6 heteroatoms. The van der Waals surface area contributed by atoms with Crippen LogP contribution in [-0.2, 0) is 12.8 Å². The van der Waals surface area contributed by atoms with E-state index in [1.54, 1.807) is 18.2 Å². The summed E-state index contributed by atoms with van der Waals surface area (Å²) in [6, 6.07) is 6.46. The summed E-state index contributed by atoms with van der Waals surface area (Å²) in [6.07, 6.45) is 3.88. The van der Waals surface area contributed by atoms with Gasteiger partial charge in [0.25, 0.3) is 5.69 Å². The molecule has 0 aliphatic heterocycles. The van der Waals surface area contributed by atoms with Gasteiger partial charge in [-0.25, -0.2) is 9.97 Å². The van der Waals surface area contributed by atoms with Gasteiger partial charge in [0.2, 0.25) is 0 Å². The van der Waals surface area contributed by atoms with Gasteiger partial charge in [-0.3, -0.25) is 10.1 Å². The van der Waals surface area contributed by atoms with Crippen LogP contribution in [0.4, 0.5) is 5.69 Å². The second-order valence-electron chi connectivity index (χ2n) is 4.74. The number of hydrogen-bond acceptors (Lipinski definition) is 4. The summed E-state index contributed by atoms with van der Waals surface area (Å²) >= 11 is 6.21. The molecule has 102 valence electrons. The first-order valence-electron chi connectivity index (χ1n) is 6.46. The lowest BCUT2D eigenvalue weighted by atomic mass is 9.97. The fourth-order valence-electron chi connectivity index (χ4n) is 2.49. The Labute approximate surface area is 120 Å². The predicted molar refractivity (Wildman–Crippen MR) is 75.8 cm³/mol. The Hall–Kier alpha value is -2.01. The smallest absolute Gasteiger partial charge is 0.258 e. The van der Waals surface area contributed by atoms with E-state index in [1.165, 1.54) is 6.07 Å². The average molecular weight is 290 g/mol. The maximum Gasteiger partial charge on any atom is 0.280 e. The number of rotatable bonds is 2. The van der Waals surface area contributed by atoms with E-state index >= 15 is 0 Å². The number of halogens is 1. The molecular formula is C14H12ClN3O2. The van der Waals surface area contributed by atoms with E-state index in [2.05, 4.69) is 9.97 Å². The summed E-state index contributed by atoms with van der Waals surface area (Å²) in [5.41, 5.74) is 2.32. The van der Waals surface area contributed by atoms with Crippen molar-refractivity contribution in [2.75, 3.05) is 0 Å². The van der Waals surface area contributed by atoms with Crippen LogP contribution in [0.5, 0.6) is 0 Å². The molecule has 2 aromatic rings. The second kappa shape index (κ2) is 5.17. The van der Waals surface area contributed by atoms with Gasteiger partial charge in [0.15, 0.2) is 5.82 Å². The van der Waals surface area contributed by atoms with Crippen LogP contribution in [-0.4, -0.2) is 14.9 Å². The molecule has 0 atom stereocenters. The second-order valence-corrected chi connectivity index (χ2v) is 5.10. The number of nitro groups is 1. The summed E-state index contributed by atoms with van der Waals surface area (Å²) in [5, 5.41) is 11.5. The number of nitro benzene ring substituents is 1. The first-order chi connectivity index (χ1) is 9.66. The minimum Gasteiger partial charge on any atom is -0.258 e. The van der Waals surface area contributed by atoms with Crippen LogP contribution in [0.25, 0.3) is 11.4 Å². The number of hydrogen-bond donors (Lipinski definition) is 0. The SMILES string of the molecule is O=[N+]([O-])c1ccccc1-c1nc(Cl)c2c(n1)CCCC2. The summed E-state index contributed by atoms with van der Waals surface area (Å²) in [6.45, 7) is 0. The number of fused-ring (bicyclic) bond motifs is 1. The average Bonchev–Trinajstić information content (AvgIpc) is 2.47. The molecule has 0 saturated carbocycles. The van der Waals surface area contributed by atoms with Crippen molar-refractivity contribution in [2.24, 2.45) is 0 Å². The molecule has 0 N–H and O–H groups in total. The van der Waals surface area contributed by atoms with Gasteiger partial charge in [-0.1, -0.05) is 23.7 Å². The van der Waals surface area contributed by atoms with Crippen molar-refractivity contribution in [3.63, 3.8) is 0 Å². The van der Waals surface area contributed by atoms with Crippen molar-refractivity contribution in [1.29, 1.82) is 0 Å². The fourth-order valence-corrected chi connectivity index (χ4v) is 2.77. The van der Waals surface area contributed by atoms with Crippen LogP contribution >= 0.6 is 11.6 Å². The van der Waals surface area contributed by atoms with E-state index in [1.807, 2.05) is 0 Å². The molecule has 5 nitrogen and oxygen atoms in total. The fraction of sp³-hybridized carbons (Fsp3) is 0.286. The van der Waals surface area contributed by atoms with Crippen molar-refractivity contribution in [2.45, 2.75) is 25.7 Å². The topological polar surface area (TPSA) is 68.9 Å². The summed E-state index contributed by atoms with van der Waals surface area (Å²) in [4.78, 5) is 19.4. The zero-order chi connectivity index (χ0) is 14.1. The van der Waals surface area contributed by atoms with E-state index in [9.17, 15) is 10.1 Å². The maximum atomic E-state index is 11.1. The Bertz CT molecular complexity index is 688. The molecule has 1 aliphatic carbocycles. The summed E-state index contributed by atoms with van der Waals surface area (Å²) in [7, 11) is 0. The van der Waals surface area contributed by atoms with E-state index < -0.39 is 4.92 Å². The monoisotopic (exact) mass is 289 g/mol. The molecule has 1 aliphatic rings. The zero-order valence-electron chi connectivity index (χ0n) is 10.7. The van der Waals surface area contributed by atoms with E-state index in [4.69, 9.17) is 11.6 Å². The highest BCUT2D eigenvalue weighted by molar-refractivity contribution is 6.30. The normalized spacial score (nSPS) is 13.8. The van der Waals surface area contributed by atoms with E-state index in [0.717, 1.165) is 36.9 Å². The van der Waals surface area contributed by atoms with Crippen molar-refractivity contribution in [1.82, 2.24) is 9.97 Å². The molecule has 0 amide bonds. The Morgan fingerprint density at radius 2 is 1.90 bits per heavy atom. The first kappa shape index (κ1) is 13.0. The van der Waals surface area contributed by atoms with Crippen LogP contribution in [0.3, 0.4) is 0 Å². The first-order valence-corrected chi connectivity index (χ1v) is 6.83. The molecule has 0 radical (unpaired) electrons. The Morgan fingerprint density at radius 1 is 1.15 bits per heavy atom. The maximum absolute atomic E-state index is 11.1. The highest BCUT2D eigenvalue weighted by atomic mass is 35.5. The van der Waals surface area contributed by atoms with Gasteiger partial charge >= 0.3 is 0 Å². The van der Waals surface area contributed by atoms with Gasteiger partial charge < -0.3 is 0 Å². The third-order valence-corrected chi connectivity index (χ3v) is 3.79. The quantitative estimate of drug-likeness (QED) is 0.481. The third kappa shape index (κ3) is 2.25. The number of para-hydroxylation sites is 1. The van der Waals surface area contributed by atoms with Gasteiger partial charge in [0, 0.05) is 17.3 Å². The van der Waals surface area contributed by atoms with Crippen LogP contribution in [0.2, 0.25) is 5.15 Å². The molecule has 20 heavy (non-hydrogen) atoms. The number of nitrogens with zero attached hydrogens (tertiary/aromatic N) is 3. The van der Waals surface area contributed by atoms with Crippen molar-refractivity contribution < 1.29 is 4.92 Å². The molecule has 3 rings (SSSR count). The molecule has 1 heterocycles. The lowest BCUT2D eigenvalue weighted by Crippen LogP contribution is -2.09. The Balaban J connectivity index is 2.16. The molecule has 0 bridgehead atoms. The molecule has 1 aromatic carbocycles. The van der Waals surface area contributed by atoms with Gasteiger partial charge in [0.1, 0.15) is 5.15 Å². The summed E-state index contributed by atoms with van der Waals surface area (Å²) in [5.74, 6) is 0.336. The number of aromatic nitrogens is 2. The number of benzene rings is 1. The molecule has 0 fully saturated rings. The molecule has 0 spiro atoms. The van der Waals surface area contributed by atoms with Crippen molar-refractivity contribution in [3.05, 3.63) is 50.8 Å². The molecule has 0 saturated heterocycles. The highest BCUT2D eigenvalue weighted by Gasteiger charge is 2.21. The van der Waals surface area contributed by atoms with Gasteiger partial charge in [-0.05, 0) is 31.7 Å². The Morgan fingerprint density at radius 3 is 2.70 bits per heavy atom. The standard InChI is InChI=1S/C14H12ClN3O2/c15-13-9-5-1-3-7-11(9)16-14(17-13)10-6-2-4-8-12(10)18(19)20/h2,4,6,8H,1,3,5,7H2. The molecular weight excluding hydrogens is 278 g/mol. The van der Waals surface area contributed by atoms with Crippen molar-refractivity contribution in [3.8, 4) is 11.4 Å². The molecule has 0 unspecified atom stereocenters. The lowest BCUT2D eigenvalue weighted by molar-refractivity contribution is -0.384. The lowest BCUT2D eigenvalue weighted by Gasteiger charge is -2.16. The minimum absolute atomic E-state index is 0.000624. The third-order valence-electron chi connectivity index (χ3n) is 3.47. The highest BCUT2D eigenvalue weighted by Crippen LogP contribution is 2.31. The number of aryl methyl sites for hydroxylation is 1.